The first-order chi connectivity index (χ1) is 16.0. The van der Waals surface area contributed by atoms with E-state index in [1.807, 2.05) is 4.90 Å². The third-order valence-corrected chi connectivity index (χ3v) is 6.16. The summed E-state index contributed by atoms with van der Waals surface area (Å²) in [7, 11) is 0. The molecule has 0 unspecified atom stereocenters. The van der Waals surface area contributed by atoms with Crippen molar-refractivity contribution in [2.24, 2.45) is 0 Å². The molecule has 2 N–H and O–H groups in total. The number of unbranched alkanes of at least 4 members (excludes halogenated alkanes) is 12. The standard InChI is InChI=1S/C27H52N2O4/c1-4-7-10-11-12-13-14-15-16-17-18-19-25(30)28-24(20-21-26(31)32)27(33)29(22-8-5-2)23-9-6-3/h24H,4-23H2,1-3H3,(H,28,30)(H,31,32)/t24-/m0/s1. The van der Waals surface area contributed by atoms with Crippen LogP contribution in [-0.2, 0) is 14.4 Å². The lowest BCUT2D eigenvalue weighted by Gasteiger charge is -2.28. The average molecular weight is 469 g/mol. The number of rotatable bonds is 23. The molecule has 6 nitrogen and oxygen atoms in total. The topological polar surface area (TPSA) is 86.7 Å². The van der Waals surface area contributed by atoms with Crippen LogP contribution in [0, 0.1) is 0 Å². The molecular weight excluding hydrogens is 416 g/mol. The van der Waals surface area contributed by atoms with E-state index in [2.05, 4.69) is 26.1 Å². The van der Waals surface area contributed by atoms with E-state index in [-0.39, 0.29) is 24.7 Å². The van der Waals surface area contributed by atoms with Gasteiger partial charge in [-0.05, 0) is 25.7 Å². The second-order valence-corrected chi connectivity index (χ2v) is 9.37. The Bertz CT molecular complexity index is 502. The minimum absolute atomic E-state index is 0.121. The van der Waals surface area contributed by atoms with Crippen LogP contribution < -0.4 is 5.32 Å². The smallest absolute Gasteiger partial charge is 0.303 e. The zero-order valence-electron chi connectivity index (χ0n) is 21.8. The zero-order chi connectivity index (χ0) is 24.7. The van der Waals surface area contributed by atoms with E-state index in [0.29, 0.717) is 19.5 Å². The van der Waals surface area contributed by atoms with Crippen molar-refractivity contribution in [2.75, 3.05) is 13.1 Å². The lowest BCUT2D eigenvalue weighted by atomic mass is 10.0. The molecule has 1 atom stereocenters. The summed E-state index contributed by atoms with van der Waals surface area (Å²) in [5.41, 5.74) is 0. The van der Waals surface area contributed by atoms with Crippen LogP contribution in [0.2, 0.25) is 0 Å². The van der Waals surface area contributed by atoms with Crippen molar-refractivity contribution < 1.29 is 19.5 Å². The van der Waals surface area contributed by atoms with Crippen molar-refractivity contribution in [2.45, 2.75) is 142 Å². The summed E-state index contributed by atoms with van der Waals surface area (Å²) in [5.74, 6) is -1.22. The first kappa shape index (κ1) is 31.4. The lowest BCUT2D eigenvalue weighted by Crippen LogP contribution is -2.49. The van der Waals surface area contributed by atoms with Gasteiger partial charge in [0.1, 0.15) is 6.04 Å². The Kier molecular flexibility index (Phi) is 21.1. The second kappa shape index (κ2) is 22.2. The van der Waals surface area contributed by atoms with Crippen molar-refractivity contribution in [1.82, 2.24) is 10.2 Å². The molecule has 0 rings (SSSR count). The summed E-state index contributed by atoms with van der Waals surface area (Å²) < 4.78 is 0. The molecule has 0 aromatic heterocycles. The third-order valence-electron chi connectivity index (χ3n) is 6.16. The molecule has 0 radical (unpaired) electrons. The fourth-order valence-corrected chi connectivity index (χ4v) is 3.99. The van der Waals surface area contributed by atoms with Crippen LogP contribution in [0.25, 0.3) is 0 Å². The van der Waals surface area contributed by atoms with Gasteiger partial charge in [-0.3, -0.25) is 14.4 Å². The number of aliphatic carboxylic acids is 1. The number of carbonyl (C=O) groups excluding carboxylic acids is 2. The van der Waals surface area contributed by atoms with Gasteiger partial charge in [0.25, 0.3) is 0 Å². The average Bonchev–Trinajstić information content (AvgIpc) is 2.79. The summed E-state index contributed by atoms with van der Waals surface area (Å²) in [6.07, 6.45) is 17.7. The molecule has 0 aliphatic carbocycles. The van der Waals surface area contributed by atoms with Crippen LogP contribution in [0.15, 0.2) is 0 Å². The molecule has 0 aliphatic heterocycles. The number of hydrogen-bond donors (Lipinski definition) is 2. The van der Waals surface area contributed by atoms with Crippen LogP contribution in [0.3, 0.4) is 0 Å². The fraction of sp³-hybridized carbons (Fsp3) is 0.889. The molecule has 6 heteroatoms. The van der Waals surface area contributed by atoms with Gasteiger partial charge in [0.15, 0.2) is 0 Å². The Morgan fingerprint density at radius 3 is 1.58 bits per heavy atom. The molecule has 0 fully saturated rings. The van der Waals surface area contributed by atoms with Gasteiger partial charge in [-0.25, -0.2) is 0 Å². The molecule has 0 aliphatic rings. The van der Waals surface area contributed by atoms with E-state index < -0.39 is 12.0 Å². The fourth-order valence-electron chi connectivity index (χ4n) is 3.99. The summed E-state index contributed by atoms with van der Waals surface area (Å²) in [6, 6.07) is -0.741. The highest BCUT2D eigenvalue weighted by molar-refractivity contribution is 5.88. The number of carboxylic acids is 1. The van der Waals surface area contributed by atoms with Crippen molar-refractivity contribution in [3.63, 3.8) is 0 Å². The molecule has 0 bridgehead atoms. The van der Waals surface area contributed by atoms with Gasteiger partial charge in [-0.15, -0.1) is 0 Å². The van der Waals surface area contributed by atoms with E-state index in [4.69, 9.17) is 5.11 Å². The molecule has 0 spiro atoms. The van der Waals surface area contributed by atoms with Gasteiger partial charge in [-0.1, -0.05) is 97.8 Å². The molecular formula is C27H52N2O4. The van der Waals surface area contributed by atoms with Crippen LogP contribution >= 0.6 is 0 Å². The maximum Gasteiger partial charge on any atom is 0.303 e. The van der Waals surface area contributed by atoms with E-state index in [1.165, 1.54) is 51.4 Å². The number of nitrogens with one attached hydrogen (secondary N) is 1. The lowest BCUT2D eigenvalue weighted by molar-refractivity contribution is -0.139. The van der Waals surface area contributed by atoms with E-state index >= 15 is 0 Å². The van der Waals surface area contributed by atoms with Gasteiger partial charge in [0, 0.05) is 25.9 Å². The summed E-state index contributed by atoms with van der Waals surface area (Å²) in [6.45, 7) is 7.73. The molecule has 2 amide bonds. The van der Waals surface area contributed by atoms with E-state index in [9.17, 15) is 14.4 Å². The van der Waals surface area contributed by atoms with Crippen LogP contribution in [-0.4, -0.2) is 46.9 Å². The number of hydrogen-bond acceptors (Lipinski definition) is 3. The summed E-state index contributed by atoms with van der Waals surface area (Å²) in [5, 5.41) is 11.9. The van der Waals surface area contributed by atoms with Crippen molar-refractivity contribution in [3.05, 3.63) is 0 Å². The number of amides is 2. The number of nitrogens with zero attached hydrogens (tertiary/aromatic N) is 1. The SMILES string of the molecule is CCCCCCCCCCCCCC(=O)N[C@@H](CCC(=O)O)C(=O)N(CCCC)CCCC. The highest BCUT2D eigenvalue weighted by Crippen LogP contribution is 2.12. The Morgan fingerprint density at radius 1 is 0.667 bits per heavy atom. The molecule has 0 saturated carbocycles. The highest BCUT2D eigenvalue weighted by atomic mass is 16.4. The maximum absolute atomic E-state index is 13.1. The van der Waals surface area contributed by atoms with Crippen LogP contribution in [0.1, 0.15) is 136 Å². The first-order valence-electron chi connectivity index (χ1n) is 13.8. The van der Waals surface area contributed by atoms with Gasteiger partial charge in [0.2, 0.25) is 11.8 Å². The normalized spacial score (nSPS) is 11.8. The quantitative estimate of drug-likeness (QED) is 0.168. The summed E-state index contributed by atoms with van der Waals surface area (Å²) in [4.78, 5) is 38.4. The third kappa shape index (κ3) is 18.5. The molecule has 0 heterocycles. The van der Waals surface area contributed by atoms with Crippen LogP contribution in [0.5, 0.6) is 0 Å². The van der Waals surface area contributed by atoms with Gasteiger partial charge in [0.05, 0.1) is 0 Å². The Balaban J connectivity index is 4.36. The zero-order valence-corrected chi connectivity index (χ0v) is 21.8. The first-order valence-corrected chi connectivity index (χ1v) is 13.8. The van der Waals surface area contributed by atoms with Crippen molar-refractivity contribution in [3.8, 4) is 0 Å². The predicted octanol–water partition coefficient (Wildman–Crippen LogP) is 6.47. The molecule has 0 aromatic carbocycles. The maximum atomic E-state index is 13.1. The van der Waals surface area contributed by atoms with E-state index in [1.54, 1.807) is 0 Å². The number of carboxylic acid groups (broad SMARTS) is 1. The largest absolute Gasteiger partial charge is 0.481 e. The van der Waals surface area contributed by atoms with Gasteiger partial charge in [-0.2, -0.15) is 0 Å². The van der Waals surface area contributed by atoms with Crippen molar-refractivity contribution in [1.29, 1.82) is 0 Å². The Labute approximate surface area is 203 Å². The minimum Gasteiger partial charge on any atom is -0.481 e. The predicted molar refractivity (Wildman–Crippen MR) is 136 cm³/mol. The van der Waals surface area contributed by atoms with Crippen molar-refractivity contribution >= 4 is 17.8 Å². The second-order valence-electron chi connectivity index (χ2n) is 9.37. The molecule has 33 heavy (non-hydrogen) atoms. The monoisotopic (exact) mass is 468 g/mol. The number of carbonyl (C=O) groups is 3. The molecule has 0 saturated heterocycles. The molecule has 0 aromatic rings. The Hall–Kier alpha value is -1.59. The van der Waals surface area contributed by atoms with Crippen LogP contribution in [0.4, 0.5) is 0 Å². The Morgan fingerprint density at radius 2 is 1.12 bits per heavy atom. The van der Waals surface area contributed by atoms with Gasteiger partial charge < -0.3 is 15.3 Å². The van der Waals surface area contributed by atoms with E-state index in [0.717, 1.165) is 44.9 Å². The van der Waals surface area contributed by atoms with Gasteiger partial charge >= 0.3 is 5.97 Å². The minimum atomic E-state index is -0.943. The summed E-state index contributed by atoms with van der Waals surface area (Å²) >= 11 is 0. The molecule has 194 valence electrons. The highest BCUT2D eigenvalue weighted by Gasteiger charge is 2.26.